The van der Waals surface area contributed by atoms with Crippen molar-refractivity contribution in [3.8, 4) is 0 Å². The van der Waals surface area contributed by atoms with Gasteiger partial charge in [-0.25, -0.2) is 0 Å². The Kier molecular flexibility index (Phi) is 5.82. The fraction of sp³-hybridized carbons (Fsp3) is 0.571. The smallest absolute Gasteiger partial charge is 0.309 e. The number of rotatable bonds is 4. The van der Waals surface area contributed by atoms with Crippen LogP contribution in [0.4, 0.5) is 5.69 Å². The van der Waals surface area contributed by atoms with Gasteiger partial charge in [-0.1, -0.05) is 6.07 Å². The quantitative estimate of drug-likeness (QED) is 0.762. The first-order valence-corrected chi connectivity index (χ1v) is 9.73. The molecule has 1 aromatic rings. The largest absolute Gasteiger partial charge is 0.466 e. The van der Waals surface area contributed by atoms with Crippen molar-refractivity contribution in [1.29, 1.82) is 0 Å². The van der Waals surface area contributed by atoms with E-state index in [0.29, 0.717) is 39.1 Å². The van der Waals surface area contributed by atoms with Gasteiger partial charge in [0.2, 0.25) is 11.8 Å². The lowest BCUT2D eigenvalue weighted by atomic mass is 9.95. The third-order valence-electron chi connectivity index (χ3n) is 5.42. The van der Waals surface area contributed by atoms with Gasteiger partial charge in [0.15, 0.2) is 0 Å². The zero-order chi connectivity index (χ0) is 19.6. The van der Waals surface area contributed by atoms with Crippen LogP contribution in [0, 0.1) is 25.7 Å². The standard InChI is InChI=1S/C21H28N2O4/c1-4-27-21(26)16-5-7-22(8-6-16)20(25)17-12-19(24)23(13-17)18-10-14(2)9-15(3)11-18/h9-11,16-17H,4-8,12-13H2,1-3H3. The lowest BCUT2D eigenvalue weighted by molar-refractivity contribution is -0.151. The Morgan fingerprint density at radius 1 is 1.07 bits per heavy atom. The number of benzene rings is 1. The number of aryl methyl sites for hydroxylation is 2. The van der Waals surface area contributed by atoms with Gasteiger partial charge in [-0.05, 0) is 56.9 Å². The predicted octanol–water partition coefficient (Wildman–Crippen LogP) is 2.46. The Morgan fingerprint density at radius 3 is 2.30 bits per heavy atom. The highest BCUT2D eigenvalue weighted by molar-refractivity contribution is 6.00. The lowest BCUT2D eigenvalue weighted by Crippen LogP contribution is -2.44. The minimum absolute atomic E-state index is 0.000223. The summed E-state index contributed by atoms with van der Waals surface area (Å²) >= 11 is 0. The molecule has 2 amide bonds. The molecule has 0 N–H and O–H groups in total. The Labute approximate surface area is 160 Å². The summed E-state index contributed by atoms with van der Waals surface area (Å²) in [6, 6.07) is 6.05. The summed E-state index contributed by atoms with van der Waals surface area (Å²) in [6.45, 7) is 7.73. The van der Waals surface area contributed by atoms with Crippen molar-refractivity contribution in [3.63, 3.8) is 0 Å². The third kappa shape index (κ3) is 4.31. The number of carbonyl (C=O) groups excluding carboxylic acids is 3. The van der Waals surface area contributed by atoms with Gasteiger partial charge >= 0.3 is 5.97 Å². The Morgan fingerprint density at radius 2 is 1.70 bits per heavy atom. The van der Waals surface area contributed by atoms with E-state index in [1.165, 1.54) is 0 Å². The number of carbonyl (C=O) groups is 3. The number of amides is 2. The zero-order valence-corrected chi connectivity index (χ0v) is 16.4. The molecular weight excluding hydrogens is 344 g/mol. The van der Waals surface area contributed by atoms with Crippen molar-refractivity contribution in [2.24, 2.45) is 11.8 Å². The molecule has 0 aromatic heterocycles. The molecule has 146 valence electrons. The van der Waals surface area contributed by atoms with Crippen LogP contribution in [0.5, 0.6) is 0 Å². The molecule has 2 aliphatic heterocycles. The molecule has 0 spiro atoms. The SMILES string of the molecule is CCOC(=O)C1CCN(C(=O)C2CC(=O)N(c3cc(C)cc(C)c3)C2)CC1. The summed E-state index contributed by atoms with van der Waals surface area (Å²) in [5.41, 5.74) is 3.08. The van der Waals surface area contributed by atoms with Gasteiger partial charge < -0.3 is 14.5 Å². The molecule has 0 bridgehead atoms. The maximum absolute atomic E-state index is 12.9. The van der Waals surface area contributed by atoms with Crippen LogP contribution >= 0.6 is 0 Å². The first kappa shape index (κ1) is 19.4. The molecule has 1 atom stereocenters. The molecule has 6 nitrogen and oxygen atoms in total. The summed E-state index contributed by atoms with van der Waals surface area (Å²) in [5.74, 6) is -0.567. The van der Waals surface area contributed by atoms with E-state index in [-0.39, 0.29) is 36.0 Å². The van der Waals surface area contributed by atoms with Gasteiger partial charge in [0.25, 0.3) is 0 Å². The monoisotopic (exact) mass is 372 g/mol. The number of hydrogen-bond acceptors (Lipinski definition) is 4. The molecule has 2 saturated heterocycles. The van der Waals surface area contributed by atoms with Crippen LogP contribution < -0.4 is 4.90 Å². The summed E-state index contributed by atoms with van der Waals surface area (Å²) < 4.78 is 5.08. The number of likely N-dealkylation sites (tertiary alicyclic amines) is 1. The van der Waals surface area contributed by atoms with Crippen LogP contribution in [0.15, 0.2) is 18.2 Å². The number of esters is 1. The van der Waals surface area contributed by atoms with E-state index in [9.17, 15) is 14.4 Å². The topological polar surface area (TPSA) is 66.9 Å². The lowest BCUT2D eigenvalue weighted by Gasteiger charge is -2.32. The molecule has 3 rings (SSSR count). The molecule has 2 heterocycles. The van der Waals surface area contributed by atoms with Gasteiger partial charge in [-0.15, -0.1) is 0 Å². The second-order valence-corrected chi connectivity index (χ2v) is 7.60. The second kappa shape index (κ2) is 8.11. The molecule has 2 fully saturated rings. The first-order valence-electron chi connectivity index (χ1n) is 9.73. The number of nitrogens with zero attached hydrogens (tertiary/aromatic N) is 2. The average Bonchev–Trinajstić information content (AvgIpc) is 3.02. The molecule has 1 unspecified atom stereocenters. The van der Waals surface area contributed by atoms with Gasteiger partial charge in [0, 0.05) is 31.7 Å². The van der Waals surface area contributed by atoms with E-state index in [1.54, 1.807) is 16.7 Å². The summed E-state index contributed by atoms with van der Waals surface area (Å²) in [6.07, 6.45) is 1.52. The van der Waals surface area contributed by atoms with Gasteiger partial charge in [0.05, 0.1) is 18.4 Å². The minimum atomic E-state index is -0.308. The Balaban J connectivity index is 1.60. The van der Waals surface area contributed by atoms with Crippen LogP contribution in [0.1, 0.15) is 37.3 Å². The number of piperidine rings is 1. The van der Waals surface area contributed by atoms with E-state index in [4.69, 9.17) is 4.74 Å². The third-order valence-corrected chi connectivity index (χ3v) is 5.42. The van der Waals surface area contributed by atoms with Crippen molar-refractivity contribution >= 4 is 23.5 Å². The molecule has 6 heteroatoms. The van der Waals surface area contributed by atoms with E-state index >= 15 is 0 Å². The highest BCUT2D eigenvalue weighted by atomic mass is 16.5. The maximum Gasteiger partial charge on any atom is 0.309 e. The molecule has 0 aliphatic carbocycles. The number of hydrogen-bond donors (Lipinski definition) is 0. The molecule has 0 saturated carbocycles. The Hall–Kier alpha value is -2.37. The van der Waals surface area contributed by atoms with Crippen molar-refractivity contribution in [2.75, 3.05) is 31.1 Å². The molecule has 27 heavy (non-hydrogen) atoms. The Bertz CT molecular complexity index is 717. The van der Waals surface area contributed by atoms with Crippen molar-refractivity contribution in [2.45, 2.75) is 40.0 Å². The van der Waals surface area contributed by atoms with Gasteiger partial charge in [-0.2, -0.15) is 0 Å². The van der Waals surface area contributed by atoms with Crippen molar-refractivity contribution < 1.29 is 19.1 Å². The van der Waals surface area contributed by atoms with Crippen LogP contribution in [-0.4, -0.2) is 48.9 Å². The van der Waals surface area contributed by atoms with Gasteiger partial charge in [0.1, 0.15) is 0 Å². The van der Waals surface area contributed by atoms with Crippen molar-refractivity contribution in [1.82, 2.24) is 4.90 Å². The second-order valence-electron chi connectivity index (χ2n) is 7.60. The summed E-state index contributed by atoms with van der Waals surface area (Å²) in [7, 11) is 0. The highest BCUT2D eigenvalue weighted by Gasteiger charge is 2.38. The van der Waals surface area contributed by atoms with Crippen LogP contribution in [0.25, 0.3) is 0 Å². The number of anilines is 1. The van der Waals surface area contributed by atoms with E-state index < -0.39 is 0 Å². The summed E-state index contributed by atoms with van der Waals surface area (Å²) in [5, 5.41) is 0. The average molecular weight is 372 g/mol. The predicted molar refractivity (Wildman–Crippen MR) is 102 cm³/mol. The van der Waals surface area contributed by atoms with Gasteiger partial charge in [-0.3, -0.25) is 14.4 Å². The fourth-order valence-corrected chi connectivity index (χ4v) is 4.08. The molecule has 0 radical (unpaired) electrons. The fourth-order valence-electron chi connectivity index (χ4n) is 4.08. The highest BCUT2D eigenvalue weighted by Crippen LogP contribution is 2.29. The normalized spacial score (nSPS) is 20.9. The molecular formula is C21H28N2O4. The van der Waals surface area contributed by atoms with E-state index in [2.05, 4.69) is 6.07 Å². The van der Waals surface area contributed by atoms with E-state index in [1.807, 2.05) is 26.0 Å². The maximum atomic E-state index is 12.9. The minimum Gasteiger partial charge on any atom is -0.466 e. The zero-order valence-electron chi connectivity index (χ0n) is 16.4. The van der Waals surface area contributed by atoms with Crippen LogP contribution in [0.3, 0.4) is 0 Å². The van der Waals surface area contributed by atoms with Crippen LogP contribution in [0.2, 0.25) is 0 Å². The van der Waals surface area contributed by atoms with Crippen LogP contribution in [-0.2, 0) is 19.1 Å². The number of ether oxygens (including phenoxy) is 1. The van der Waals surface area contributed by atoms with Crippen molar-refractivity contribution in [3.05, 3.63) is 29.3 Å². The summed E-state index contributed by atoms with van der Waals surface area (Å²) in [4.78, 5) is 40.8. The van der Waals surface area contributed by atoms with E-state index in [0.717, 1.165) is 16.8 Å². The molecule has 1 aromatic carbocycles. The first-order chi connectivity index (χ1) is 12.9. The molecule has 2 aliphatic rings.